The van der Waals surface area contributed by atoms with Crippen molar-refractivity contribution in [2.45, 2.75) is 18.1 Å². The summed E-state index contributed by atoms with van der Waals surface area (Å²) in [6.07, 6.45) is 2.46. The van der Waals surface area contributed by atoms with Gasteiger partial charge in [-0.2, -0.15) is 11.8 Å². The Labute approximate surface area is 101 Å². The van der Waals surface area contributed by atoms with Crippen LogP contribution in [0.5, 0.6) is 0 Å². The summed E-state index contributed by atoms with van der Waals surface area (Å²) >= 11 is 5.10. The summed E-state index contributed by atoms with van der Waals surface area (Å²) in [6.45, 7) is 0.738. The molecule has 1 unspecified atom stereocenters. The van der Waals surface area contributed by atoms with Gasteiger partial charge in [0.1, 0.15) is 0 Å². The molecule has 15 heavy (non-hydrogen) atoms. The maximum Gasteiger partial charge on any atom is 0.287 e. The van der Waals surface area contributed by atoms with Gasteiger partial charge in [-0.3, -0.25) is 4.79 Å². The van der Waals surface area contributed by atoms with Crippen molar-refractivity contribution in [3.05, 3.63) is 22.6 Å². The minimum atomic E-state index is -0.131. The zero-order valence-corrected chi connectivity index (χ0v) is 10.6. The molecule has 5 heteroatoms. The highest BCUT2D eigenvalue weighted by Gasteiger charge is 2.17. The second-order valence-corrected chi connectivity index (χ2v) is 5.64. The lowest BCUT2D eigenvalue weighted by atomic mass is 10.2. The predicted octanol–water partition coefficient (Wildman–Crippen LogP) is 2.67. The Morgan fingerprint density at radius 3 is 3.13 bits per heavy atom. The van der Waals surface area contributed by atoms with Crippen LogP contribution in [0.25, 0.3) is 0 Å². The van der Waals surface area contributed by atoms with E-state index in [4.69, 9.17) is 4.42 Å². The molecule has 3 nitrogen and oxygen atoms in total. The van der Waals surface area contributed by atoms with Gasteiger partial charge in [0.25, 0.3) is 5.91 Å². The van der Waals surface area contributed by atoms with Crippen LogP contribution in [0, 0.1) is 0 Å². The molecule has 1 aromatic heterocycles. The quantitative estimate of drug-likeness (QED) is 0.930. The molecule has 0 spiro atoms. The molecular formula is C10H12BrNO2S. The maximum absolute atomic E-state index is 11.6. The van der Waals surface area contributed by atoms with Crippen LogP contribution in [0.1, 0.15) is 23.4 Å². The summed E-state index contributed by atoms with van der Waals surface area (Å²) in [5, 5.41) is 3.46. The average molecular weight is 290 g/mol. The molecule has 1 N–H and O–H groups in total. The van der Waals surface area contributed by atoms with E-state index in [9.17, 15) is 4.79 Å². The number of halogens is 1. The highest BCUT2D eigenvalue weighted by Crippen LogP contribution is 2.25. The number of nitrogens with one attached hydrogen (secondary N) is 1. The van der Waals surface area contributed by atoms with E-state index in [-0.39, 0.29) is 5.91 Å². The Hall–Kier alpha value is -0.420. The first-order chi connectivity index (χ1) is 7.25. The average Bonchev–Trinajstić information content (AvgIpc) is 2.84. The second kappa shape index (κ2) is 5.07. The predicted molar refractivity (Wildman–Crippen MR) is 64.2 cm³/mol. The van der Waals surface area contributed by atoms with Crippen LogP contribution in [-0.4, -0.2) is 23.5 Å². The minimum absolute atomic E-state index is 0.131. The number of hydrogen-bond donors (Lipinski definition) is 1. The third-order valence-corrected chi connectivity index (χ3v) is 4.14. The Morgan fingerprint density at radius 1 is 1.67 bits per heavy atom. The van der Waals surface area contributed by atoms with Crippen LogP contribution < -0.4 is 5.32 Å². The number of thioether (sulfide) groups is 1. The molecule has 2 heterocycles. The smallest absolute Gasteiger partial charge is 0.287 e. The Kier molecular flexibility index (Phi) is 3.75. The van der Waals surface area contributed by atoms with Gasteiger partial charge in [-0.15, -0.1) is 0 Å². The van der Waals surface area contributed by atoms with Crippen molar-refractivity contribution in [2.24, 2.45) is 0 Å². The largest absolute Gasteiger partial charge is 0.444 e. The van der Waals surface area contributed by atoms with Gasteiger partial charge < -0.3 is 9.73 Å². The molecule has 1 aliphatic rings. The van der Waals surface area contributed by atoms with Crippen LogP contribution in [0.3, 0.4) is 0 Å². The monoisotopic (exact) mass is 289 g/mol. The highest BCUT2D eigenvalue weighted by molar-refractivity contribution is 9.10. The van der Waals surface area contributed by atoms with Gasteiger partial charge in [0, 0.05) is 11.8 Å². The van der Waals surface area contributed by atoms with Gasteiger partial charge >= 0.3 is 0 Å². The third-order valence-electron chi connectivity index (χ3n) is 2.31. The molecule has 1 fully saturated rings. The van der Waals surface area contributed by atoms with Gasteiger partial charge in [-0.1, -0.05) is 0 Å². The zero-order valence-electron chi connectivity index (χ0n) is 8.16. The molecular weight excluding hydrogens is 278 g/mol. The highest BCUT2D eigenvalue weighted by atomic mass is 79.9. The summed E-state index contributed by atoms with van der Waals surface area (Å²) in [6, 6.07) is 3.39. The number of rotatable bonds is 3. The van der Waals surface area contributed by atoms with Crippen LogP contribution in [-0.2, 0) is 0 Å². The molecule has 1 aromatic rings. The summed E-state index contributed by atoms with van der Waals surface area (Å²) in [5.74, 6) is 1.45. The molecule has 1 aliphatic heterocycles. The first-order valence-corrected chi connectivity index (χ1v) is 6.75. The summed E-state index contributed by atoms with van der Waals surface area (Å²) < 4.78 is 5.74. The zero-order chi connectivity index (χ0) is 10.7. The summed E-state index contributed by atoms with van der Waals surface area (Å²) in [5.41, 5.74) is 0. The molecule has 82 valence electrons. The first kappa shape index (κ1) is 11.1. The van der Waals surface area contributed by atoms with Crippen molar-refractivity contribution < 1.29 is 9.21 Å². The molecule has 0 radical (unpaired) electrons. The number of hydrogen-bond acceptors (Lipinski definition) is 3. The SMILES string of the molecule is O=C(NCC1CCCS1)c1ccc(Br)o1. The molecule has 0 aliphatic carbocycles. The normalized spacial score (nSPS) is 20.5. The number of amides is 1. The first-order valence-electron chi connectivity index (χ1n) is 4.91. The van der Waals surface area contributed by atoms with Crippen LogP contribution in [0.4, 0.5) is 0 Å². The lowest BCUT2D eigenvalue weighted by Crippen LogP contribution is -2.29. The van der Waals surface area contributed by atoms with Gasteiger partial charge in [-0.05, 0) is 46.7 Å². The number of carbonyl (C=O) groups is 1. The van der Waals surface area contributed by atoms with Crippen LogP contribution in [0.2, 0.25) is 0 Å². The van der Waals surface area contributed by atoms with E-state index >= 15 is 0 Å². The Morgan fingerprint density at radius 2 is 2.53 bits per heavy atom. The molecule has 1 saturated heterocycles. The van der Waals surface area contributed by atoms with E-state index in [1.807, 2.05) is 11.8 Å². The fourth-order valence-electron chi connectivity index (χ4n) is 1.54. The Bertz CT molecular complexity index is 347. The molecule has 0 saturated carbocycles. The number of furan rings is 1. The lowest BCUT2D eigenvalue weighted by Gasteiger charge is -2.08. The van der Waals surface area contributed by atoms with E-state index < -0.39 is 0 Å². The van der Waals surface area contributed by atoms with E-state index in [0.29, 0.717) is 15.7 Å². The topological polar surface area (TPSA) is 42.2 Å². The van der Waals surface area contributed by atoms with Gasteiger partial charge in [-0.25, -0.2) is 0 Å². The van der Waals surface area contributed by atoms with Gasteiger partial charge in [0.05, 0.1) is 0 Å². The second-order valence-electron chi connectivity index (χ2n) is 3.45. The third kappa shape index (κ3) is 3.01. The summed E-state index contributed by atoms with van der Waals surface area (Å²) in [7, 11) is 0. The standard InChI is InChI=1S/C10H12BrNO2S/c11-9-4-3-8(14-9)10(13)12-6-7-2-1-5-15-7/h3-4,7H,1-2,5-6H2,(H,12,13). The van der Waals surface area contributed by atoms with Crippen LogP contribution in [0.15, 0.2) is 21.2 Å². The van der Waals surface area contributed by atoms with E-state index in [1.165, 1.54) is 18.6 Å². The molecule has 1 amide bonds. The number of carbonyl (C=O) groups excluding carboxylic acids is 1. The maximum atomic E-state index is 11.6. The molecule has 0 aromatic carbocycles. The van der Waals surface area contributed by atoms with Crippen molar-refractivity contribution in [2.75, 3.05) is 12.3 Å². The minimum Gasteiger partial charge on any atom is -0.444 e. The fraction of sp³-hybridized carbons (Fsp3) is 0.500. The molecule has 2 rings (SSSR count). The molecule has 0 bridgehead atoms. The van der Waals surface area contributed by atoms with Crippen LogP contribution >= 0.6 is 27.7 Å². The van der Waals surface area contributed by atoms with Crippen molar-refractivity contribution in [3.8, 4) is 0 Å². The lowest BCUT2D eigenvalue weighted by molar-refractivity contribution is 0.0925. The van der Waals surface area contributed by atoms with Crippen molar-refractivity contribution in [1.82, 2.24) is 5.32 Å². The molecule has 1 atom stereocenters. The van der Waals surface area contributed by atoms with Crippen molar-refractivity contribution in [1.29, 1.82) is 0 Å². The van der Waals surface area contributed by atoms with E-state index in [2.05, 4.69) is 21.2 Å². The Balaban J connectivity index is 1.81. The van der Waals surface area contributed by atoms with Gasteiger partial charge in [0.2, 0.25) is 0 Å². The van der Waals surface area contributed by atoms with E-state index in [0.717, 1.165) is 6.54 Å². The van der Waals surface area contributed by atoms with Gasteiger partial charge in [0.15, 0.2) is 10.4 Å². The van der Waals surface area contributed by atoms with Crippen molar-refractivity contribution in [3.63, 3.8) is 0 Å². The van der Waals surface area contributed by atoms with E-state index in [1.54, 1.807) is 12.1 Å². The fourth-order valence-corrected chi connectivity index (χ4v) is 3.04. The summed E-state index contributed by atoms with van der Waals surface area (Å²) in [4.78, 5) is 11.6. The van der Waals surface area contributed by atoms with Crippen molar-refractivity contribution >= 4 is 33.6 Å².